The van der Waals surface area contributed by atoms with E-state index in [1.165, 1.54) is 54.9 Å². The fourth-order valence-electron chi connectivity index (χ4n) is 4.22. The lowest BCUT2D eigenvalue weighted by Gasteiger charge is -2.40. The van der Waals surface area contributed by atoms with Crippen LogP contribution in [0.25, 0.3) is 0 Å². The second-order valence-electron chi connectivity index (χ2n) is 7.15. The quantitative estimate of drug-likeness (QED) is 0.595. The van der Waals surface area contributed by atoms with Crippen LogP contribution in [-0.2, 0) is 0 Å². The molecule has 0 bridgehead atoms. The number of benzene rings is 2. The van der Waals surface area contributed by atoms with Gasteiger partial charge in [0.15, 0.2) is 11.9 Å². The third-order valence-corrected chi connectivity index (χ3v) is 5.49. The Kier molecular flexibility index (Phi) is 3.89. The maximum Gasteiger partial charge on any atom is 0.281 e. The van der Waals surface area contributed by atoms with Gasteiger partial charge in [-0.25, -0.2) is 4.48 Å². The fourth-order valence-corrected chi connectivity index (χ4v) is 4.22. The average molecular weight is 322 g/mol. The maximum atomic E-state index is 5.31. The summed E-state index contributed by atoms with van der Waals surface area (Å²) in [7, 11) is 1.72. The minimum Gasteiger partial charge on any atom is -0.497 e. The number of nitrogens with zero attached hydrogens (tertiary/aromatic N) is 2. The van der Waals surface area contributed by atoms with Crippen molar-refractivity contribution in [3.63, 3.8) is 0 Å². The molecule has 2 aliphatic heterocycles. The molecule has 1 fully saturated rings. The SMILES string of the molecule is COc1ccc([N+]2=Cc3cc(C)ccc3[N+]3(CCCCC3)C2)cc1. The van der Waals surface area contributed by atoms with Crippen molar-refractivity contribution in [2.24, 2.45) is 0 Å². The monoisotopic (exact) mass is 322 g/mol. The summed E-state index contributed by atoms with van der Waals surface area (Å²) in [4.78, 5) is 0. The van der Waals surface area contributed by atoms with Gasteiger partial charge in [-0.15, -0.1) is 4.58 Å². The van der Waals surface area contributed by atoms with Gasteiger partial charge in [-0.05, 0) is 49.9 Å². The summed E-state index contributed by atoms with van der Waals surface area (Å²) >= 11 is 0. The Bertz CT molecular complexity index is 771. The predicted octanol–water partition coefficient (Wildman–Crippen LogP) is 4.23. The summed E-state index contributed by atoms with van der Waals surface area (Å²) in [6.45, 7) is 5.70. The molecular weight excluding hydrogens is 296 g/mol. The molecule has 3 heteroatoms. The number of quaternary nitrogens is 1. The first-order chi connectivity index (χ1) is 11.7. The van der Waals surface area contributed by atoms with Gasteiger partial charge in [-0.3, -0.25) is 0 Å². The lowest BCUT2D eigenvalue weighted by Crippen LogP contribution is -2.58. The van der Waals surface area contributed by atoms with Crippen molar-refractivity contribution in [3.05, 3.63) is 53.6 Å². The topological polar surface area (TPSA) is 12.2 Å². The molecule has 4 rings (SSSR count). The molecule has 0 N–H and O–H groups in total. The minimum atomic E-state index is 0.911. The molecule has 2 heterocycles. The molecule has 1 spiro atoms. The minimum absolute atomic E-state index is 0.911. The zero-order chi connectivity index (χ0) is 16.6. The predicted molar refractivity (Wildman–Crippen MR) is 99.5 cm³/mol. The highest BCUT2D eigenvalue weighted by Gasteiger charge is 2.42. The summed E-state index contributed by atoms with van der Waals surface area (Å²) < 4.78 is 8.82. The highest BCUT2D eigenvalue weighted by molar-refractivity contribution is 5.86. The second-order valence-corrected chi connectivity index (χ2v) is 7.15. The molecule has 0 atom stereocenters. The highest BCUT2D eigenvalue weighted by Crippen LogP contribution is 2.35. The maximum absolute atomic E-state index is 5.31. The number of fused-ring (bicyclic) bond motifs is 2. The number of aryl methyl sites for hydroxylation is 1. The molecule has 0 saturated carbocycles. The first kappa shape index (κ1) is 15.4. The summed E-state index contributed by atoms with van der Waals surface area (Å²) in [5.74, 6) is 0.911. The molecule has 2 aliphatic rings. The third-order valence-electron chi connectivity index (χ3n) is 5.49. The van der Waals surface area contributed by atoms with Gasteiger partial charge in [0, 0.05) is 18.2 Å². The van der Waals surface area contributed by atoms with E-state index in [0.29, 0.717) is 0 Å². The Labute approximate surface area is 144 Å². The van der Waals surface area contributed by atoms with E-state index in [1.807, 2.05) is 0 Å². The summed E-state index contributed by atoms with van der Waals surface area (Å²) in [6, 6.07) is 15.4. The van der Waals surface area contributed by atoms with Crippen LogP contribution in [0.15, 0.2) is 42.5 Å². The largest absolute Gasteiger partial charge is 0.497 e. The number of ether oxygens (including phenoxy) is 1. The van der Waals surface area contributed by atoms with E-state index in [4.69, 9.17) is 4.74 Å². The van der Waals surface area contributed by atoms with Crippen LogP contribution in [0, 0.1) is 6.92 Å². The zero-order valence-corrected chi connectivity index (χ0v) is 14.7. The molecule has 0 unspecified atom stereocenters. The van der Waals surface area contributed by atoms with E-state index in [1.54, 1.807) is 7.11 Å². The Hall–Kier alpha value is -2.13. The molecule has 0 aliphatic carbocycles. The van der Waals surface area contributed by atoms with Crippen LogP contribution in [0.1, 0.15) is 30.4 Å². The van der Waals surface area contributed by atoms with E-state index in [-0.39, 0.29) is 0 Å². The van der Waals surface area contributed by atoms with Crippen LogP contribution in [0.2, 0.25) is 0 Å². The number of hydrogen-bond acceptors (Lipinski definition) is 1. The molecule has 1 saturated heterocycles. The Morgan fingerprint density at radius 1 is 0.958 bits per heavy atom. The van der Waals surface area contributed by atoms with Crippen molar-refractivity contribution >= 4 is 17.6 Å². The van der Waals surface area contributed by atoms with Gasteiger partial charge in [0.1, 0.15) is 5.75 Å². The number of hydrogen-bond donors (Lipinski definition) is 0. The van der Waals surface area contributed by atoms with Crippen LogP contribution in [0.4, 0.5) is 11.4 Å². The van der Waals surface area contributed by atoms with Gasteiger partial charge >= 0.3 is 0 Å². The van der Waals surface area contributed by atoms with E-state index in [9.17, 15) is 0 Å². The Balaban J connectivity index is 1.80. The fraction of sp³-hybridized carbons (Fsp3) is 0.381. The van der Waals surface area contributed by atoms with E-state index in [2.05, 4.69) is 60.2 Å². The Morgan fingerprint density at radius 2 is 1.71 bits per heavy atom. The van der Waals surface area contributed by atoms with Gasteiger partial charge in [-0.1, -0.05) is 6.07 Å². The first-order valence-corrected chi connectivity index (χ1v) is 8.93. The zero-order valence-electron chi connectivity index (χ0n) is 14.7. The molecule has 2 aromatic rings. The summed E-state index contributed by atoms with van der Waals surface area (Å²) in [6.07, 6.45) is 6.34. The second kappa shape index (κ2) is 6.06. The van der Waals surface area contributed by atoms with Crippen molar-refractivity contribution in [1.82, 2.24) is 4.48 Å². The van der Waals surface area contributed by atoms with Gasteiger partial charge < -0.3 is 4.74 Å². The van der Waals surface area contributed by atoms with E-state index < -0.39 is 0 Å². The van der Waals surface area contributed by atoms with Crippen molar-refractivity contribution in [2.45, 2.75) is 26.2 Å². The summed E-state index contributed by atoms with van der Waals surface area (Å²) in [5.41, 5.74) is 5.45. The number of methoxy groups -OCH3 is 1. The van der Waals surface area contributed by atoms with Crippen molar-refractivity contribution < 1.29 is 9.31 Å². The molecule has 2 aromatic carbocycles. The normalized spacial score (nSPS) is 18.8. The lowest BCUT2D eigenvalue weighted by atomic mass is 10.0. The van der Waals surface area contributed by atoms with Gasteiger partial charge in [0.25, 0.3) is 6.67 Å². The highest BCUT2D eigenvalue weighted by atomic mass is 16.5. The first-order valence-electron chi connectivity index (χ1n) is 8.93. The lowest BCUT2D eigenvalue weighted by molar-refractivity contribution is -0.463. The van der Waals surface area contributed by atoms with Crippen LogP contribution in [0.3, 0.4) is 0 Å². The molecule has 0 radical (unpaired) electrons. The molecule has 0 aromatic heterocycles. The molecule has 124 valence electrons. The van der Waals surface area contributed by atoms with Crippen LogP contribution < -0.4 is 9.22 Å². The van der Waals surface area contributed by atoms with Crippen molar-refractivity contribution in [2.75, 3.05) is 26.9 Å². The Morgan fingerprint density at radius 3 is 2.42 bits per heavy atom. The number of piperidine rings is 1. The smallest absolute Gasteiger partial charge is 0.281 e. The van der Waals surface area contributed by atoms with Gasteiger partial charge in [0.2, 0.25) is 5.69 Å². The summed E-state index contributed by atoms with van der Waals surface area (Å²) in [5, 5.41) is 0. The van der Waals surface area contributed by atoms with E-state index in [0.717, 1.165) is 16.9 Å². The molecule has 3 nitrogen and oxygen atoms in total. The molecule has 0 amide bonds. The van der Waals surface area contributed by atoms with Crippen LogP contribution in [0.5, 0.6) is 5.75 Å². The van der Waals surface area contributed by atoms with Crippen LogP contribution in [-0.4, -0.2) is 37.7 Å². The molecule has 24 heavy (non-hydrogen) atoms. The molecular formula is C21H26N2O+2. The standard InChI is InChI=1S/C21H26N2O/c1-17-6-11-21-18(14-17)15-22(16-23(21)12-4-3-5-13-23)19-7-9-20(24-2)10-8-19/h6-11,14-15H,3-5,12-13,16H2,1-2H3/q+2. The third kappa shape index (κ3) is 2.63. The average Bonchev–Trinajstić information content (AvgIpc) is 2.62. The van der Waals surface area contributed by atoms with Gasteiger partial charge in [0.05, 0.1) is 25.8 Å². The van der Waals surface area contributed by atoms with E-state index >= 15 is 0 Å². The number of rotatable bonds is 2. The van der Waals surface area contributed by atoms with Crippen molar-refractivity contribution in [1.29, 1.82) is 0 Å². The van der Waals surface area contributed by atoms with Crippen molar-refractivity contribution in [3.8, 4) is 5.75 Å². The van der Waals surface area contributed by atoms with Gasteiger partial charge in [-0.2, -0.15) is 0 Å². The van der Waals surface area contributed by atoms with Crippen LogP contribution >= 0.6 is 0 Å².